The molecule has 5 nitrogen and oxygen atoms in total. The molecule has 122 valence electrons. The fourth-order valence-electron chi connectivity index (χ4n) is 1.57. The number of benzene rings is 1. The highest BCUT2D eigenvalue weighted by molar-refractivity contribution is 7.98. The molecule has 0 N–H and O–H groups in total. The summed E-state index contributed by atoms with van der Waals surface area (Å²) in [4.78, 5) is 23.1. The summed E-state index contributed by atoms with van der Waals surface area (Å²) in [6.45, 7) is 3.72. The molecule has 1 rings (SSSR count). The molecule has 0 saturated heterocycles. The average Bonchev–Trinajstić information content (AvgIpc) is 2.51. The number of ether oxygens (including phenoxy) is 3. The molecule has 1 aromatic carbocycles. The van der Waals surface area contributed by atoms with Crippen LogP contribution in [0.3, 0.4) is 0 Å². The summed E-state index contributed by atoms with van der Waals surface area (Å²) >= 11 is 1.58. The Bertz CT molecular complexity index is 513. The minimum atomic E-state index is -0.299. The van der Waals surface area contributed by atoms with E-state index in [1.165, 1.54) is 7.11 Å². The van der Waals surface area contributed by atoms with Gasteiger partial charge in [0, 0.05) is 5.75 Å². The first kappa shape index (κ1) is 18.4. The zero-order chi connectivity index (χ0) is 16.5. The average molecular weight is 326 g/mol. The number of carbonyl (C=O) groups excluding carboxylic acids is 2. The fraction of sp³-hybridized carbons (Fsp3) is 0.500. The van der Waals surface area contributed by atoms with E-state index >= 15 is 0 Å². The molecule has 0 unspecified atom stereocenters. The second-order valence-electron chi connectivity index (χ2n) is 4.96. The molecule has 6 heteroatoms. The Labute approximate surface area is 135 Å². The first-order valence-corrected chi connectivity index (χ1v) is 8.40. The number of carbonyl (C=O) groups is 2. The van der Waals surface area contributed by atoms with Gasteiger partial charge in [-0.3, -0.25) is 9.59 Å². The van der Waals surface area contributed by atoms with Gasteiger partial charge in [0.25, 0.3) is 0 Å². The normalized spacial score (nSPS) is 10.4. The predicted octanol–water partition coefficient (Wildman–Crippen LogP) is 3.05. The first-order valence-electron chi connectivity index (χ1n) is 7.01. The lowest BCUT2D eigenvalue weighted by molar-refractivity contribution is -0.148. The van der Waals surface area contributed by atoms with E-state index in [2.05, 4.69) is 0 Å². The third kappa shape index (κ3) is 5.97. The molecule has 0 bridgehead atoms. The van der Waals surface area contributed by atoms with Crippen molar-refractivity contribution in [2.75, 3.05) is 19.1 Å². The highest BCUT2D eigenvalue weighted by atomic mass is 32.2. The highest BCUT2D eigenvalue weighted by Crippen LogP contribution is 2.29. The molecule has 0 amide bonds. The van der Waals surface area contributed by atoms with E-state index in [4.69, 9.17) is 14.2 Å². The van der Waals surface area contributed by atoms with Crippen LogP contribution in [0.15, 0.2) is 18.2 Å². The van der Waals surface area contributed by atoms with Crippen molar-refractivity contribution in [3.63, 3.8) is 0 Å². The Morgan fingerprint density at radius 2 is 1.95 bits per heavy atom. The van der Waals surface area contributed by atoms with Crippen molar-refractivity contribution < 1.29 is 23.8 Å². The highest BCUT2D eigenvalue weighted by Gasteiger charge is 2.12. The van der Waals surface area contributed by atoms with E-state index in [9.17, 15) is 9.59 Å². The Kier molecular flexibility index (Phi) is 7.80. The monoisotopic (exact) mass is 326 g/mol. The minimum Gasteiger partial charge on any atom is -0.493 e. The van der Waals surface area contributed by atoms with Crippen LogP contribution in [0.2, 0.25) is 0 Å². The summed E-state index contributed by atoms with van der Waals surface area (Å²) < 4.78 is 15.7. The van der Waals surface area contributed by atoms with Crippen molar-refractivity contribution in [2.24, 2.45) is 5.92 Å². The largest absolute Gasteiger partial charge is 0.493 e. The topological polar surface area (TPSA) is 61.8 Å². The maximum absolute atomic E-state index is 11.7. The first-order chi connectivity index (χ1) is 10.5. The molecular weight excluding hydrogens is 304 g/mol. The molecule has 0 atom stereocenters. The Hall–Kier alpha value is -1.69. The SMILES string of the molecule is COc1cc(COC(=O)C(C)C)ccc1OC(=O)CCSC. The van der Waals surface area contributed by atoms with Gasteiger partial charge in [-0.15, -0.1) is 0 Å². The van der Waals surface area contributed by atoms with E-state index in [-0.39, 0.29) is 24.5 Å². The summed E-state index contributed by atoms with van der Waals surface area (Å²) in [5.41, 5.74) is 0.773. The molecule has 1 aromatic rings. The van der Waals surface area contributed by atoms with E-state index in [0.717, 1.165) is 5.56 Å². The van der Waals surface area contributed by atoms with Crippen molar-refractivity contribution in [2.45, 2.75) is 26.9 Å². The molecule has 0 aromatic heterocycles. The van der Waals surface area contributed by atoms with Crippen LogP contribution >= 0.6 is 11.8 Å². The summed E-state index contributed by atoms with van der Waals surface area (Å²) in [5, 5.41) is 0. The smallest absolute Gasteiger partial charge is 0.312 e. The van der Waals surface area contributed by atoms with Gasteiger partial charge in [0.05, 0.1) is 19.4 Å². The molecule has 0 aliphatic heterocycles. The summed E-state index contributed by atoms with van der Waals surface area (Å²) in [7, 11) is 1.50. The van der Waals surface area contributed by atoms with Crippen LogP contribution in [0.1, 0.15) is 25.8 Å². The molecule has 0 fully saturated rings. The van der Waals surface area contributed by atoms with Gasteiger partial charge in [0.2, 0.25) is 0 Å². The second-order valence-corrected chi connectivity index (χ2v) is 5.95. The van der Waals surface area contributed by atoms with Gasteiger partial charge < -0.3 is 14.2 Å². The third-order valence-corrected chi connectivity index (χ3v) is 3.43. The van der Waals surface area contributed by atoms with Gasteiger partial charge in [-0.25, -0.2) is 0 Å². The summed E-state index contributed by atoms with van der Waals surface area (Å²) in [6, 6.07) is 5.09. The molecule has 22 heavy (non-hydrogen) atoms. The predicted molar refractivity (Wildman–Crippen MR) is 86.3 cm³/mol. The Morgan fingerprint density at radius 3 is 2.55 bits per heavy atom. The van der Waals surface area contributed by atoms with E-state index in [1.54, 1.807) is 43.8 Å². The van der Waals surface area contributed by atoms with E-state index in [1.807, 2.05) is 6.26 Å². The van der Waals surface area contributed by atoms with Crippen LogP contribution in [-0.4, -0.2) is 31.1 Å². The van der Waals surface area contributed by atoms with Crippen molar-refractivity contribution in [1.82, 2.24) is 0 Å². The number of rotatable bonds is 8. The maximum atomic E-state index is 11.7. The number of esters is 2. The number of thioether (sulfide) groups is 1. The summed E-state index contributed by atoms with van der Waals surface area (Å²) in [5.74, 6) is 0.796. The Balaban J connectivity index is 2.70. The zero-order valence-corrected chi connectivity index (χ0v) is 14.2. The molecule has 0 radical (unpaired) electrons. The van der Waals surface area contributed by atoms with Crippen LogP contribution in [0.5, 0.6) is 11.5 Å². The molecule has 0 spiro atoms. The fourth-order valence-corrected chi connectivity index (χ4v) is 1.94. The number of hydrogen-bond acceptors (Lipinski definition) is 6. The van der Waals surface area contributed by atoms with Crippen molar-refractivity contribution >= 4 is 23.7 Å². The van der Waals surface area contributed by atoms with Crippen molar-refractivity contribution in [3.8, 4) is 11.5 Å². The molecule has 0 heterocycles. The van der Waals surface area contributed by atoms with Gasteiger partial charge >= 0.3 is 11.9 Å². The van der Waals surface area contributed by atoms with Gasteiger partial charge in [-0.1, -0.05) is 19.9 Å². The second kappa shape index (κ2) is 9.35. The van der Waals surface area contributed by atoms with Gasteiger partial charge in [0.15, 0.2) is 11.5 Å². The Morgan fingerprint density at radius 1 is 1.23 bits per heavy atom. The van der Waals surface area contributed by atoms with Crippen LogP contribution in [0.25, 0.3) is 0 Å². The van der Waals surface area contributed by atoms with Crippen LogP contribution in [0.4, 0.5) is 0 Å². The minimum absolute atomic E-state index is 0.161. The molecule has 0 aliphatic carbocycles. The molecular formula is C16H22O5S. The van der Waals surface area contributed by atoms with Crippen LogP contribution in [-0.2, 0) is 20.9 Å². The molecule has 0 aliphatic rings. The van der Waals surface area contributed by atoms with Gasteiger partial charge in [0.1, 0.15) is 6.61 Å². The van der Waals surface area contributed by atoms with Gasteiger partial charge in [-0.05, 0) is 24.0 Å². The lowest BCUT2D eigenvalue weighted by Gasteiger charge is -2.12. The van der Waals surface area contributed by atoms with Crippen LogP contribution < -0.4 is 9.47 Å². The standard InChI is InChI=1S/C16H22O5S/c1-11(2)16(18)20-10-12-5-6-13(14(9-12)19-3)21-15(17)7-8-22-4/h5-6,9,11H,7-8,10H2,1-4H3. The van der Waals surface area contributed by atoms with E-state index in [0.29, 0.717) is 23.7 Å². The van der Waals surface area contributed by atoms with Crippen molar-refractivity contribution in [3.05, 3.63) is 23.8 Å². The third-order valence-electron chi connectivity index (χ3n) is 2.81. The van der Waals surface area contributed by atoms with Gasteiger partial charge in [-0.2, -0.15) is 11.8 Å². The maximum Gasteiger partial charge on any atom is 0.312 e. The number of hydrogen-bond donors (Lipinski definition) is 0. The number of methoxy groups -OCH3 is 1. The molecule has 0 saturated carbocycles. The van der Waals surface area contributed by atoms with Crippen LogP contribution in [0, 0.1) is 5.92 Å². The summed E-state index contributed by atoms with van der Waals surface area (Å²) in [6.07, 6.45) is 2.28. The zero-order valence-electron chi connectivity index (χ0n) is 13.4. The lowest BCUT2D eigenvalue weighted by Crippen LogP contribution is -2.12. The quantitative estimate of drug-likeness (QED) is 0.540. The van der Waals surface area contributed by atoms with Crippen molar-refractivity contribution in [1.29, 1.82) is 0 Å². The lowest BCUT2D eigenvalue weighted by atomic mass is 10.2. The van der Waals surface area contributed by atoms with E-state index < -0.39 is 0 Å².